The van der Waals surface area contributed by atoms with Gasteiger partial charge in [0.05, 0.1) is 6.61 Å². The molecule has 1 aromatic rings. The zero-order chi connectivity index (χ0) is 17.2. The van der Waals surface area contributed by atoms with Crippen LogP contribution in [-0.4, -0.2) is 41.5 Å². The van der Waals surface area contributed by atoms with Crippen LogP contribution in [0.1, 0.15) is 47.2 Å². The summed E-state index contributed by atoms with van der Waals surface area (Å²) < 4.78 is 5.10. The highest BCUT2D eigenvalue weighted by Crippen LogP contribution is 2.24. The summed E-state index contributed by atoms with van der Waals surface area (Å²) in [6.07, 6.45) is 3.47. The van der Waals surface area contributed by atoms with Crippen molar-refractivity contribution in [3.05, 3.63) is 34.9 Å². The van der Waals surface area contributed by atoms with Gasteiger partial charge in [0, 0.05) is 31.4 Å². The second-order valence-electron chi connectivity index (χ2n) is 6.50. The Morgan fingerprint density at radius 1 is 1.17 bits per heavy atom. The summed E-state index contributed by atoms with van der Waals surface area (Å²) in [6.45, 7) is 0.271. The van der Waals surface area contributed by atoms with Crippen molar-refractivity contribution in [1.29, 1.82) is 0 Å². The first-order chi connectivity index (χ1) is 11.5. The number of aliphatic carboxylic acids is 1. The molecule has 1 aliphatic heterocycles. The van der Waals surface area contributed by atoms with Crippen LogP contribution in [0.15, 0.2) is 18.2 Å². The Morgan fingerprint density at radius 3 is 2.67 bits per heavy atom. The van der Waals surface area contributed by atoms with Crippen LogP contribution < -0.4 is 5.32 Å². The van der Waals surface area contributed by atoms with Gasteiger partial charge in [-0.2, -0.15) is 0 Å². The van der Waals surface area contributed by atoms with Gasteiger partial charge in [-0.05, 0) is 36.5 Å². The maximum atomic E-state index is 12.3. The highest BCUT2D eigenvalue weighted by atomic mass is 16.5. The minimum atomic E-state index is -1.35. The van der Waals surface area contributed by atoms with E-state index in [0.717, 1.165) is 19.3 Å². The monoisotopic (exact) mass is 331 g/mol. The number of benzene rings is 1. The van der Waals surface area contributed by atoms with E-state index in [-0.39, 0.29) is 31.7 Å². The van der Waals surface area contributed by atoms with Gasteiger partial charge in [0.25, 0.3) is 0 Å². The van der Waals surface area contributed by atoms with Crippen LogP contribution in [0.25, 0.3) is 0 Å². The molecule has 6 nitrogen and oxygen atoms in total. The van der Waals surface area contributed by atoms with Gasteiger partial charge in [-0.3, -0.25) is 9.59 Å². The van der Waals surface area contributed by atoms with Gasteiger partial charge in [0.2, 0.25) is 5.91 Å². The van der Waals surface area contributed by atoms with Crippen molar-refractivity contribution >= 4 is 17.7 Å². The van der Waals surface area contributed by atoms with Crippen molar-refractivity contribution in [1.82, 2.24) is 5.32 Å². The van der Waals surface area contributed by atoms with Gasteiger partial charge in [-0.1, -0.05) is 12.1 Å². The lowest BCUT2D eigenvalue weighted by molar-refractivity contribution is -0.147. The molecule has 24 heavy (non-hydrogen) atoms. The predicted octanol–water partition coefficient (Wildman–Crippen LogP) is 1.50. The standard InChI is InChI=1S/C18H21NO5/c20-15(14-5-4-12-2-1-3-13(12)10-14)6-7-16(21)19-18(17(22)23)8-9-24-11-18/h4-5,10H,1-3,6-9,11H2,(H,19,21)(H,22,23). The minimum Gasteiger partial charge on any atom is -0.479 e. The lowest BCUT2D eigenvalue weighted by Crippen LogP contribution is -2.55. The normalized spacial score (nSPS) is 22.2. The van der Waals surface area contributed by atoms with E-state index in [4.69, 9.17) is 4.74 Å². The minimum absolute atomic E-state index is 0.0229. The molecule has 1 aromatic carbocycles. The Hall–Kier alpha value is -2.21. The predicted molar refractivity (Wildman–Crippen MR) is 86.0 cm³/mol. The quantitative estimate of drug-likeness (QED) is 0.771. The van der Waals surface area contributed by atoms with Crippen LogP contribution in [0.3, 0.4) is 0 Å². The van der Waals surface area contributed by atoms with Crippen LogP contribution in [0.5, 0.6) is 0 Å². The third-order valence-electron chi connectivity index (χ3n) is 4.81. The van der Waals surface area contributed by atoms with E-state index >= 15 is 0 Å². The number of carboxylic acids is 1. The van der Waals surface area contributed by atoms with E-state index in [1.807, 2.05) is 18.2 Å². The number of Topliss-reactive ketones (excluding diaryl/α,β-unsaturated/α-hetero) is 1. The summed E-state index contributed by atoms with van der Waals surface area (Å²) in [5.74, 6) is -1.62. The highest BCUT2D eigenvalue weighted by Gasteiger charge is 2.43. The molecule has 0 radical (unpaired) electrons. The van der Waals surface area contributed by atoms with Crippen LogP contribution in [0, 0.1) is 0 Å². The molecule has 0 saturated carbocycles. The SMILES string of the molecule is O=C(CCC(=O)c1ccc2c(c1)CCC2)NC1(C(=O)O)CCOC1. The van der Waals surface area contributed by atoms with Crippen LogP contribution in [0.4, 0.5) is 0 Å². The maximum Gasteiger partial charge on any atom is 0.331 e. The second-order valence-corrected chi connectivity index (χ2v) is 6.50. The molecule has 0 spiro atoms. The first-order valence-electron chi connectivity index (χ1n) is 8.27. The molecule has 3 rings (SSSR count). The van der Waals surface area contributed by atoms with Crippen molar-refractivity contribution in [3.63, 3.8) is 0 Å². The number of nitrogens with one attached hydrogen (secondary N) is 1. The van der Waals surface area contributed by atoms with E-state index < -0.39 is 17.4 Å². The van der Waals surface area contributed by atoms with Crippen LogP contribution in [0.2, 0.25) is 0 Å². The number of carboxylic acid groups (broad SMARTS) is 1. The molecule has 1 fully saturated rings. The van der Waals surface area contributed by atoms with Gasteiger partial charge in [-0.15, -0.1) is 0 Å². The number of rotatable bonds is 6. The molecule has 2 aliphatic rings. The van der Waals surface area contributed by atoms with Crippen molar-refractivity contribution < 1.29 is 24.2 Å². The van der Waals surface area contributed by atoms with E-state index in [0.29, 0.717) is 12.2 Å². The largest absolute Gasteiger partial charge is 0.479 e. The fourth-order valence-electron chi connectivity index (χ4n) is 3.33. The van der Waals surface area contributed by atoms with Gasteiger partial charge >= 0.3 is 5.97 Å². The molecule has 1 unspecified atom stereocenters. The summed E-state index contributed by atoms with van der Waals surface area (Å²) in [5.41, 5.74) is 1.79. The zero-order valence-corrected chi connectivity index (χ0v) is 13.5. The Bertz CT molecular complexity index is 676. The van der Waals surface area contributed by atoms with E-state index in [1.165, 1.54) is 11.1 Å². The first-order valence-corrected chi connectivity index (χ1v) is 8.27. The summed E-state index contributed by atoms with van der Waals surface area (Å²) in [5, 5.41) is 11.8. The molecule has 1 amide bonds. The lowest BCUT2D eigenvalue weighted by Gasteiger charge is -2.23. The number of ketones is 1. The van der Waals surface area contributed by atoms with Gasteiger partial charge in [-0.25, -0.2) is 4.79 Å². The highest BCUT2D eigenvalue weighted by molar-refractivity contribution is 5.98. The Labute approximate surface area is 140 Å². The number of amides is 1. The summed E-state index contributed by atoms with van der Waals surface area (Å²) in [4.78, 5) is 35.7. The summed E-state index contributed by atoms with van der Waals surface area (Å²) >= 11 is 0. The van der Waals surface area contributed by atoms with Gasteiger partial charge in [0.1, 0.15) is 0 Å². The van der Waals surface area contributed by atoms with Crippen molar-refractivity contribution in [2.75, 3.05) is 13.2 Å². The number of hydrogen-bond donors (Lipinski definition) is 2. The lowest BCUT2D eigenvalue weighted by atomic mass is 9.98. The topological polar surface area (TPSA) is 92.7 Å². The van der Waals surface area contributed by atoms with Crippen LogP contribution >= 0.6 is 0 Å². The van der Waals surface area contributed by atoms with E-state index in [9.17, 15) is 19.5 Å². The van der Waals surface area contributed by atoms with Crippen molar-refractivity contribution in [3.8, 4) is 0 Å². The molecule has 0 aromatic heterocycles. The molecule has 2 N–H and O–H groups in total. The number of fused-ring (bicyclic) bond motifs is 1. The molecule has 1 heterocycles. The number of ether oxygens (including phenoxy) is 1. The molecular formula is C18H21NO5. The zero-order valence-electron chi connectivity index (χ0n) is 13.5. The average Bonchev–Trinajstić information content (AvgIpc) is 3.21. The third-order valence-corrected chi connectivity index (χ3v) is 4.81. The van der Waals surface area contributed by atoms with E-state index in [1.54, 1.807) is 0 Å². The molecular weight excluding hydrogens is 310 g/mol. The van der Waals surface area contributed by atoms with E-state index in [2.05, 4.69) is 5.32 Å². The number of hydrogen-bond acceptors (Lipinski definition) is 4. The fraction of sp³-hybridized carbons (Fsp3) is 0.500. The molecule has 128 valence electrons. The molecule has 1 aliphatic carbocycles. The molecule has 6 heteroatoms. The smallest absolute Gasteiger partial charge is 0.331 e. The first kappa shape index (κ1) is 16.6. The molecule has 0 bridgehead atoms. The number of carbonyl (C=O) groups excluding carboxylic acids is 2. The van der Waals surface area contributed by atoms with Gasteiger partial charge in [0.15, 0.2) is 11.3 Å². The number of carbonyl (C=O) groups is 3. The van der Waals surface area contributed by atoms with Crippen molar-refractivity contribution in [2.24, 2.45) is 0 Å². The molecule has 1 atom stereocenters. The summed E-state index contributed by atoms with van der Waals surface area (Å²) in [6, 6.07) is 5.73. The average molecular weight is 331 g/mol. The number of aryl methyl sites for hydroxylation is 2. The Balaban J connectivity index is 1.56. The molecule has 1 saturated heterocycles. The van der Waals surface area contributed by atoms with Crippen LogP contribution in [-0.2, 0) is 27.2 Å². The second kappa shape index (κ2) is 6.73. The maximum absolute atomic E-state index is 12.3. The fourth-order valence-corrected chi connectivity index (χ4v) is 3.33. The van der Waals surface area contributed by atoms with Crippen molar-refractivity contribution in [2.45, 2.75) is 44.1 Å². The Kier molecular flexibility index (Phi) is 4.66. The Morgan fingerprint density at radius 2 is 1.96 bits per heavy atom. The third kappa shape index (κ3) is 3.33. The summed E-state index contributed by atoms with van der Waals surface area (Å²) in [7, 11) is 0. The van der Waals surface area contributed by atoms with Gasteiger partial charge < -0.3 is 15.2 Å².